The van der Waals surface area contributed by atoms with Gasteiger partial charge < -0.3 is 10.5 Å². The molecule has 0 bridgehead atoms. The van der Waals surface area contributed by atoms with Gasteiger partial charge in [-0.25, -0.2) is 9.37 Å². The summed E-state index contributed by atoms with van der Waals surface area (Å²) in [6.45, 7) is 3.49. The van der Waals surface area contributed by atoms with Crippen LogP contribution in [0.3, 0.4) is 0 Å². The molecule has 1 atom stereocenters. The van der Waals surface area contributed by atoms with Crippen LogP contribution >= 0.6 is 0 Å². The van der Waals surface area contributed by atoms with E-state index in [-0.39, 0.29) is 18.3 Å². The molecule has 1 aromatic heterocycles. The zero-order chi connectivity index (χ0) is 18.6. The molecule has 0 aliphatic carbocycles. The minimum atomic E-state index is -0.613. The molecule has 1 fully saturated rings. The Balaban J connectivity index is 1.62. The number of halogens is 1. The lowest BCUT2D eigenvalue weighted by Crippen LogP contribution is -2.57. The van der Waals surface area contributed by atoms with Crippen LogP contribution in [0, 0.1) is 5.82 Å². The van der Waals surface area contributed by atoms with Crippen LogP contribution in [0.1, 0.15) is 37.3 Å². The van der Waals surface area contributed by atoms with Crippen LogP contribution in [0.2, 0.25) is 0 Å². The van der Waals surface area contributed by atoms with Gasteiger partial charge in [0, 0.05) is 24.4 Å². The molecular formula is C20H24FN3O2. The van der Waals surface area contributed by atoms with Gasteiger partial charge in [0.1, 0.15) is 12.4 Å². The number of nitrogens with two attached hydrogens (primary N) is 1. The Labute approximate surface area is 153 Å². The SMILES string of the molecule is CC1(C(N)=O)CCCCN1Cc1ccc(OCc2ccccc2F)nc1. The van der Waals surface area contributed by atoms with E-state index in [0.29, 0.717) is 18.0 Å². The van der Waals surface area contributed by atoms with Crippen molar-refractivity contribution in [3.05, 3.63) is 59.5 Å². The number of carbonyl (C=O) groups is 1. The number of aromatic nitrogens is 1. The first kappa shape index (κ1) is 18.3. The molecule has 1 aliphatic rings. The monoisotopic (exact) mass is 357 g/mol. The van der Waals surface area contributed by atoms with E-state index in [1.54, 1.807) is 30.5 Å². The molecule has 1 aromatic carbocycles. The van der Waals surface area contributed by atoms with E-state index >= 15 is 0 Å². The van der Waals surface area contributed by atoms with Crippen molar-refractivity contribution >= 4 is 5.91 Å². The van der Waals surface area contributed by atoms with Gasteiger partial charge in [0.25, 0.3) is 0 Å². The molecule has 5 nitrogen and oxygen atoms in total. The molecule has 0 radical (unpaired) electrons. The number of rotatable bonds is 6. The van der Waals surface area contributed by atoms with E-state index in [2.05, 4.69) is 9.88 Å². The van der Waals surface area contributed by atoms with Crippen LogP contribution in [0.4, 0.5) is 4.39 Å². The highest BCUT2D eigenvalue weighted by atomic mass is 19.1. The van der Waals surface area contributed by atoms with Gasteiger partial charge in [0.15, 0.2) is 0 Å². The summed E-state index contributed by atoms with van der Waals surface area (Å²) in [6.07, 6.45) is 4.57. The smallest absolute Gasteiger partial charge is 0.237 e. The molecule has 3 rings (SSSR count). The van der Waals surface area contributed by atoms with Crippen LogP contribution in [0.5, 0.6) is 5.88 Å². The molecule has 1 saturated heterocycles. The average molecular weight is 357 g/mol. The van der Waals surface area contributed by atoms with Crippen LogP contribution in [0.15, 0.2) is 42.6 Å². The second kappa shape index (κ2) is 7.83. The van der Waals surface area contributed by atoms with Gasteiger partial charge in [-0.15, -0.1) is 0 Å². The number of primary amides is 1. The Hall–Kier alpha value is -2.47. The van der Waals surface area contributed by atoms with Crippen molar-refractivity contribution in [2.75, 3.05) is 6.54 Å². The van der Waals surface area contributed by atoms with Crippen molar-refractivity contribution in [3.8, 4) is 5.88 Å². The highest BCUT2D eigenvalue weighted by Crippen LogP contribution is 2.29. The molecule has 2 N–H and O–H groups in total. The maximum absolute atomic E-state index is 13.6. The van der Waals surface area contributed by atoms with E-state index in [4.69, 9.17) is 10.5 Å². The van der Waals surface area contributed by atoms with E-state index in [9.17, 15) is 9.18 Å². The van der Waals surface area contributed by atoms with E-state index in [0.717, 1.165) is 31.4 Å². The summed E-state index contributed by atoms with van der Waals surface area (Å²) in [5, 5.41) is 0. The fourth-order valence-corrected chi connectivity index (χ4v) is 3.29. The van der Waals surface area contributed by atoms with Crippen LogP contribution in [-0.4, -0.2) is 27.9 Å². The lowest BCUT2D eigenvalue weighted by atomic mass is 9.87. The molecule has 1 aliphatic heterocycles. The topological polar surface area (TPSA) is 68.5 Å². The molecule has 2 aromatic rings. The van der Waals surface area contributed by atoms with Gasteiger partial charge >= 0.3 is 0 Å². The maximum Gasteiger partial charge on any atom is 0.237 e. The van der Waals surface area contributed by atoms with Gasteiger partial charge in [-0.1, -0.05) is 24.3 Å². The third kappa shape index (κ3) is 4.02. The van der Waals surface area contributed by atoms with Crippen LogP contribution in [-0.2, 0) is 17.9 Å². The van der Waals surface area contributed by atoms with Crippen LogP contribution in [0.25, 0.3) is 0 Å². The van der Waals surface area contributed by atoms with Crippen molar-refractivity contribution in [2.24, 2.45) is 5.73 Å². The second-order valence-corrected chi connectivity index (χ2v) is 6.90. The number of ether oxygens (including phenoxy) is 1. The molecule has 26 heavy (non-hydrogen) atoms. The number of likely N-dealkylation sites (tertiary alicyclic amines) is 1. The first-order valence-corrected chi connectivity index (χ1v) is 8.85. The van der Waals surface area contributed by atoms with E-state index in [1.807, 2.05) is 13.0 Å². The highest BCUT2D eigenvalue weighted by Gasteiger charge is 2.39. The summed E-state index contributed by atoms with van der Waals surface area (Å²) in [5.41, 5.74) is 6.49. The van der Waals surface area contributed by atoms with E-state index < -0.39 is 5.54 Å². The minimum Gasteiger partial charge on any atom is -0.473 e. The standard InChI is InChI=1S/C20H24FN3O2/c1-20(19(22)25)10-4-5-11-24(20)13-15-8-9-18(23-12-15)26-14-16-6-2-3-7-17(16)21/h2-3,6-9,12H,4-5,10-11,13-14H2,1H3,(H2,22,25). The molecule has 0 saturated carbocycles. The Bertz CT molecular complexity index is 766. The lowest BCUT2D eigenvalue weighted by molar-refractivity contribution is -0.132. The fourth-order valence-electron chi connectivity index (χ4n) is 3.29. The molecule has 6 heteroatoms. The van der Waals surface area contributed by atoms with Crippen molar-refractivity contribution < 1.29 is 13.9 Å². The summed E-state index contributed by atoms with van der Waals surface area (Å²) in [5.74, 6) is -0.136. The van der Waals surface area contributed by atoms with Gasteiger partial charge in [0.2, 0.25) is 11.8 Å². The predicted octanol–water partition coefficient (Wildman–Crippen LogP) is 3.03. The molecular weight excluding hydrogens is 333 g/mol. The van der Waals surface area contributed by atoms with Gasteiger partial charge in [-0.3, -0.25) is 9.69 Å². The van der Waals surface area contributed by atoms with Gasteiger partial charge in [0.05, 0.1) is 5.54 Å². The zero-order valence-electron chi connectivity index (χ0n) is 15.0. The van der Waals surface area contributed by atoms with Gasteiger partial charge in [-0.05, 0) is 44.4 Å². The zero-order valence-corrected chi connectivity index (χ0v) is 15.0. The van der Waals surface area contributed by atoms with Crippen molar-refractivity contribution in [2.45, 2.75) is 44.9 Å². The number of piperidine rings is 1. The predicted molar refractivity (Wildman–Crippen MR) is 96.8 cm³/mol. The van der Waals surface area contributed by atoms with Crippen LogP contribution < -0.4 is 10.5 Å². The summed E-state index contributed by atoms with van der Waals surface area (Å²) in [4.78, 5) is 18.3. The number of amides is 1. The number of pyridine rings is 1. The fraction of sp³-hybridized carbons (Fsp3) is 0.400. The van der Waals surface area contributed by atoms with E-state index in [1.165, 1.54) is 6.07 Å². The summed E-state index contributed by atoms with van der Waals surface area (Å²) >= 11 is 0. The Morgan fingerprint density at radius 3 is 2.81 bits per heavy atom. The average Bonchev–Trinajstić information content (AvgIpc) is 2.64. The quantitative estimate of drug-likeness (QED) is 0.863. The molecule has 1 unspecified atom stereocenters. The first-order valence-electron chi connectivity index (χ1n) is 8.85. The highest BCUT2D eigenvalue weighted by molar-refractivity contribution is 5.84. The molecule has 1 amide bonds. The molecule has 138 valence electrons. The summed E-state index contributed by atoms with van der Waals surface area (Å²) in [7, 11) is 0. The van der Waals surface area contributed by atoms with Crippen molar-refractivity contribution in [1.82, 2.24) is 9.88 Å². The second-order valence-electron chi connectivity index (χ2n) is 6.90. The first-order chi connectivity index (χ1) is 12.5. The van der Waals surface area contributed by atoms with Crippen molar-refractivity contribution in [3.63, 3.8) is 0 Å². The molecule has 2 heterocycles. The Kier molecular flexibility index (Phi) is 5.52. The lowest BCUT2D eigenvalue weighted by Gasteiger charge is -2.42. The number of hydrogen-bond acceptors (Lipinski definition) is 4. The largest absolute Gasteiger partial charge is 0.473 e. The number of carbonyl (C=O) groups excluding carboxylic acids is 1. The molecule has 0 spiro atoms. The normalized spacial score (nSPS) is 20.7. The van der Waals surface area contributed by atoms with Gasteiger partial charge in [-0.2, -0.15) is 0 Å². The number of benzene rings is 1. The third-order valence-corrected chi connectivity index (χ3v) is 5.07. The summed E-state index contributed by atoms with van der Waals surface area (Å²) in [6, 6.07) is 10.2. The third-order valence-electron chi connectivity index (χ3n) is 5.07. The maximum atomic E-state index is 13.6. The summed E-state index contributed by atoms with van der Waals surface area (Å²) < 4.78 is 19.2. The number of nitrogens with zero attached hydrogens (tertiary/aromatic N) is 2. The Morgan fingerprint density at radius 1 is 1.31 bits per heavy atom. The Morgan fingerprint density at radius 2 is 2.12 bits per heavy atom. The number of hydrogen-bond donors (Lipinski definition) is 1. The van der Waals surface area contributed by atoms with Crippen molar-refractivity contribution in [1.29, 1.82) is 0 Å². The minimum absolute atomic E-state index is 0.130.